The van der Waals surface area contributed by atoms with Crippen LogP contribution in [0.15, 0.2) is 18.2 Å². The van der Waals surface area contributed by atoms with Gasteiger partial charge >= 0.3 is 0 Å². The Morgan fingerprint density at radius 3 is 2.72 bits per heavy atom. The topological polar surface area (TPSA) is 39.1 Å². The summed E-state index contributed by atoms with van der Waals surface area (Å²) in [6, 6.07) is 7.45. The molecule has 98 valence electrons. The molecular weight excluding hydrogens is 246 g/mol. The van der Waals surface area contributed by atoms with Crippen LogP contribution in [0, 0.1) is 11.3 Å². The minimum atomic E-state index is 0.637. The fraction of sp³-hybridized carbons (Fsp3) is 0.500. The lowest BCUT2D eigenvalue weighted by Crippen LogP contribution is -2.29. The molecule has 0 aliphatic carbocycles. The summed E-state index contributed by atoms with van der Waals surface area (Å²) in [5.74, 6) is 0. The lowest BCUT2D eigenvalue weighted by Gasteiger charge is -2.20. The maximum Gasteiger partial charge on any atom is 0.101 e. The third kappa shape index (κ3) is 4.56. The molecule has 3 nitrogen and oxygen atoms in total. The van der Waals surface area contributed by atoms with E-state index in [4.69, 9.17) is 16.9 Å². The van der Waals surface area contributed by atoms with Gasteiger partial charge in [0.25, 0.3) is 0 Å². The molecule has 0 aromatic heterocycles. The van der Waals surface area contributed by atoms with E-state index in [9.17, 15) is 0 Å². The Hall–Kier alpha value is -1.24. The van der Waals surface area contributed by atoms with Crippen molar-refractivity contribution in [3.05, 3.63) is 28.8 Å². The zero-order valence-electron chi connectivity index (χ0n) is 11.0. The van der Waals surface area contributed by atoms with Crippen LogP contribution in [0.2, 0.25) is 5.02 Å². The molecule has 0 heterocycles. The van der Waals surface area contributed by atoms with Crippen molar-refractivity contribution in [1.82, 2.24) is 4.90 Å². The zero-order chi connectivity index (χ0) is 13.4. The van der Waals surface area contributed by atoms with Crippen LogP contribution in [0.3, 0.4) is 0 Å². The van der Waals surface area contributed by atoms with Crippen molar-refractivity contribution in [3.8, 4) is 6.07 Å². The Bertz CT molecular complexity index is 412. The lowest BCUT2D eigenvalue weighted by atomic mass is 10.2. The molecule has 0 aliphatic heterocycles. The Morgan fingerprint density at radius 1 is 1.33 bits per heavy atom. The molecule has 0 atom stereocenters. The van der Waals surface area contributed by atoms with E-state index in [2.05, 4.69) is 30.1 Å². The molecule has 1 rings (SSSR count). The third-order valence-corrected chi connectivity index (χ3v) is 3.07. The molecule has 0 unspecified atom stereocenters. The number of nitriles is 1. The first-order valence-electron chi connectivity index (χ1n) is 6.37. The van der Waals surface area contributed by atoms with Crippen molar-refractivity contribution in [1.29, 1.82) is 5.26 Å². The fourth-order valence-electron chi connectivity index (χ4n) is 1.85. The van der Waals surface area contributed by atoms with Crippen LogP contribution in [-0.2, 0) is 0 Å². The maximum absolute atomic E-state index is 9.00. The van der Waals surface area contributed by atoms with Gasteiger partial charge in [-0.1, -0.05) is 25.4 Å². The molecule has 0 bridgehead atoms. The monoisotopic (exact) mass is 265 g/mol. The number of hydrogen-bond acceptors (Lipinski definition) is 3. The molecule has 4 heteroatoms. The highest BCUT2D eigenvalue weighted by Crippen LogP contribution is 2.20. The zero-order valence-corrected chi connectivity index (χ0v) is 11.8. The summed E-state index contributed by atoms with van der Waals surface area (Å²) >= 11 is 5.93. The average molecular weight is 266 g/mol. The summed E-state index contributed by atoms with van der Waals surface area (Å²) in [5, 5.41) is 12.9. The Labute approximate surface area is 114 Å². The van der Waals surface area contributed by atoms with Gasteiger partial charge in [-0.25, -0.2) is 0 Å². The van der Waals surface area contributed by atoms with E-state index in [0.717, 1.165) is 38.3 Å². The first-order chi connectivity index (χ1) is 8.71. The van der Waals surface area contributed by atoms with Crippen LogP contribution in [-0.4, -0.2) is 31.1 Å². The number of nitrogens with one attached hydrogen (secondary N) is 1. The number of anilines is 1. The van der Waals surface area contributed by atoms with Gasteiger partial charge in [-0.2, -0.15) is 5.26 Å². The fourth-order valence-corrected chi connectivity index (χ4v) is 2.03. The van der Waals surface area contributed by atoms with Gasteiger partial charge in [0.05, 0.1) is 11.3 Å². The smallest absolute Gasteiger partial charge is 0.101 e. The van der Waals surface area contributed by atoms with Crippen molar-refractivity contribution in [2.45, 2.75) is 20.3 Å². The van der Waals surface area contributed by atoms with E-state index < -0.39 is 0 Å². The van der Waals surface area contributed by atoms with Gasteiger partial charge in [0.1, 0.15) is 6.07 Å². The molecule has 0 aliphatic rings. The summed E-state index contributed by atoms with van der Waals surface area (Å²) < 4.78 is 0. The predicted octanol–water partition coefficient (Wildman–Crippen LogP) is 3.36. The lowest BCUT2D eigenvalue weighted by molar-refractivity contribution is 0.300. The van der Waals surface area contributed by atoms with Crippen LogP contribution in [0.5, 0.6) is 0 Å². The Kier molecular flexibility index (Phi) is 6.56. The first kappa shape index (κ1) is 14.8. The standard InChI is InChI=1S/C14H20ClN3/c1-3-8-18(4-2)9-7-17-14-10-13(15)6-5-12(14)11-16/h5-6,10,17H,3-4,7-9H2,1-2H3. The van der Waals surface area contributed by atoms with Gasteiger partial charge < -0.3 is 10.2 Å². The Balaban J connectivity index is 2.53. The van der Waals surface area contributed by atoms with Gasteiger partial charge in [0.2, 0.25) is 0 Å². The van der Waals surface area contributed by atoms with Crippen LogP contribution in [0.25, 0.3) is 0 Å². The second kappa shape index (κ2) is 7.97. The molecule has 0 fully saturated rings. The number of hydrogen-bond donors (Lipinski definition) is 1. The van der Waals surface area contributed by atoms with E-state index in [1.54, 1.807) is 18.2 Å². The van der Waals surface area contributed by atoms with E-state index in [0.29, 0.717) is 10.6 Å². The number of nitrogens with zero attached hydrogens (tertiary/aromatic N) is 2. The van der Waals surface area contributed by atoms with Gasteiger partial charge in [0.15, 0.2) is 0 Å². The predicted molar refractivity (Wildman–Crippen MR) is 77.1 cm³/mol. The highest BCUT2D eigenvalue weighted by molar-refractivity contribution is 6.30. The first-order valence-corrected chi connectivity index (χ1v) is 6.75. The SMILES string of the molecule is CCCN(CC)CCNc1cc(Cl)ccc1C#N. The summed E-state index contributed by atoms with van der Waals surface area (Å²) in [6.07, 6.45) is 1.16. The number of likely N-dealkylation sites (N-methyl/N-ethyl adjacent to an activating group) is 1. The van der Waals surface area contributed by atoms with Gasteiger partial charge in [0, 0.05) is 18.1 Å². The summed E-state index contributed by atoms with van der Waals surface area (Å²) in [4.78, 5) is 2.38. The van der Waals surface area contributed by atoms with Crippen LogP contribution >= 0.6 is 11.6 Å². The van der Waals surface area contributed by atoms with Crippen LogP contribution < -0.4 is 5.32 Å². The molecule has 1 aromatic rings. The summed E-state index contributed by atoms with van der Waals surface area (Å²) in [5.41, 5.74) is 1.45. The van der Waals surface area contributed by atoms with Crippen molar-refractivity contribution >= 4 is 17.3 Å². The molecule has 0 saturated carbocycles. The summed E-state index contributed by atoms with van der Waals surface area (Å²) in [7, 11) is 0. The molecule has 1 N–H and O–H groups in total. The maximum atomic E-state index is 9.00. The van der Waals surface area contributed by atoms with Gasteiger partial charge in [-0.3, -0.25) is 0 Å². The third-order valence-electron chi connectivity index (χ3n) is 2.83. The minimum Gasteiger partial charge on any atom is -0.383 e. The van der Waals surface area contributed by atoms with Crippen molar-refractivity contribution in [2.75, 3.05) is 31.5 Å². The molecule has 0 spiro atoms. The van der Waals surface area contributed by atoms with Gasteiger partial charge in [-0.15, -0.1) is 0 Å². The van der Waals surface area contributed by atoms with Crippen molar-refractivity contribution < 1.29 is 0 Å². The van der Waals surface area contributed by atoms with E-state index in [1.165, 1.54) is 0 Å². The van der Waals surface area contributed by atoms with E-state index in [1.807, 2.05) is 0 Å². The normalized spacial score (nSPS) is 10.4. The molecular formula is C14H20ClN3. The molecule has 1 aromatic carbocycles. The molecule has 0 radical (unpaired) electrons. The second-order valence-corrected chi connectivity index (χ2v) is 4.60. The summed E-state index contributed by atoms with van der Waals surface area (Å²) in [6.45, 7) is 8.30. The van der Waals surface area contributed by atoms with Crippen LogP contribution in [0.4, 0.5) is 5.69 Å². The van der Waals surface area contributed by atoms with Crippen molar-refractivity contribution in [2.24, 2.45) is 0 Å². The minimum absolute atomic E-state index is 0.637. The Morgan fingerprint density at radius 2 is 2.11 bits per heavy atom. The highest BCUT2D eigenvalue weighted by atomic mass is 35.5. The number of benzene rings is 1. The quantitative estimate of drug-likeness (QED) is 0.822. The van der Waals surface area contributed by atoms with Crippen LogP contribution in [0.1, 0.15) is 25.8 Å². The van der Waals surface area contributed by atoms with Gasteiger partial charge in [-0.05, 0) is 37.7 Å². The highest BCUT2D eigenvalue weighted by Gasteiger charge is 2.04. The van der Waals surface area contributed by atoms with E-state index in [-0.39, 0.29) is 0 Å². The second-order valence-electron chi connectivity index (χ2n) is 4.16. The molecule has 0 amide bonds. The van der Waals surface area contributed by atoms with Crippen molar-refractivity contribution in [3.63, 3.8) is 0 Å². The average Bonchev–Trinajstić information content (AvgIpc) is 2.38. The molecule has 0 saturated heterocycles. The molecule has 18 heavy (non-hydrogen) atoms. The largest absolute Gasteiger partial charge is 0.383 e. The number of rotatable bonds is 7. The van der Waals surface area contributed by atoms with E-state index >= 15 is 0 Å². The number of halogens is 1.